The summed E-state index contributed by atoms with van der Waals surface area (Å²) in [7, 11) is 0. The number of nitrogens with zero attached hydrogens (tertiary/aromatic N) is 4. The zero-order chi connectivity index (χ0) is 35.7. The molecule has 0 aliphatic carbocycles. The van der Waals surface area contributed by atoms with E-state index in [1.165, 1.54) is 6.08 Å². The minimum Gasteiger partial charge on any atom is -0.274 e. The molecule has 0 radical (unpaired) electrons. The van der Waals surface area contributed by atoms with E-state index in [-0.39, 0.29) is 25.1 Å². The van der Waals surface area contributed by atoms with Crippen LogP contribution < -0.4 is 9.80 Å². The highest BCUT2D eigenvalue weighted by Gasteiger charge is 2.43. The average Bonchev–Trinajstić information content (AvgIpc) is 3.16. The van der Waals surface area contributed by atoms with Crippen LogP contribution in [-0.2, 0) is 32.3 Å². The van der Waals surface area contributed by atoms with E-state index in [1.807, 2.05) is 78.9 Å². The summed E-state index contributed by atoms with van der Waals surface area (Å²) in [5.41, 5.74) is 3.21. The summed E-state index contributed by atoms with van der Waals surface area (Å²) in [5, 5.41) is 0. The summed E-state index contributed by atoms with van der Waals surface area (Å²) in [5.74, 6) is -2.18. The first-order chi connectivity index (χ1) is 24.8. The standard InChI is InChI=1S/C24H18N2O3.C17H14N2O3/c27-22-21(16-18-10-4-1-5-11-18)23(28)26(20-14-8-3-9-15-20)24(29)25(22)17-19-12-6-2-7-13-19;20-15-11-16(21)19(14-9-5-2-6-10-14)17(22)18(15)12-13-7-3-1-4-8-13/h1-16H,17H2;1-10H,11-12H2. The molecule has 0 saturated carbocycles. The lowest BCUT2D eigenvalue weighted by Crippen LogP contribution is -2.56. The predicted octanol–water partition coefficient (Wildman–Crippen LogP) is 6.84. The van der Waals surface area contributed by atoms with Crippen LogP contribution in [0.15, 0.2) is 157 Å². The van der Waals surface area contributed by atoms with Crippen molar-refractivity contribution in [3.8, 4) is 0 Å². The number of carbonyl (C=O) groups is 6. The number of urea groups is 2. The second-order valence-electron chi connectivity index (χ2n) is 11.6. The molecule has 10 heteroatoms. The molecule has 5 aromatic rings. The van der Waals surface area contributed by atoms with Crippen molar-refractivity contribution in [1.82, 2.24) is 9.80 Å². The number of hydrogen-bond acceptors (Lipinski definition) is 6. The Kier molecular flexibility index (Phi) is 10.3. The monoisotopic (exact) mass is 676 g/mol. The van der Waals surface area contributed by atoms with Crippen molar-refractivity contribution in [1.29, 1.82) is 0 Å². The summed E-state index contributed by atoms with van der Waals surface area (Å²) in [6, 6.07) is 43.6. The van der Waals surface area contributed by atoms with E-state index in [1.54, 1.807) is 72.8 Å². The molecule has 0 spiro atoms. The summed E-state index contributed by atoms with van der Waals surface area (Å²) >= 11 is 0. The lowest BCUT2D eigenvalue weighted by Gasteiger charge is -2.34. The second-order valence-corrected chi connectivity index (χ2v) is 11.6. The lowest BCUT2D eigenvalue weighted by molar-refractivity contribution is -0.135. The first-order valence-corrected chi connectivity index (χ1v) is 16.1. The van der Waals surface area contributed by atoms with Gasteiger partial charge in [-0.2, -0.15) is 0 Å². The van der Waals surface area contributed by atoms with Crippen molar-refractivity contribution in [2.75, 3.05) is 9.80 Å². The Balaban J connectivity index is 0.000000183. The molecule has 2 saturated heterocycles. The van der Waals surface area contributed by atoms with Crippen LogP contribution in [0.25, 0.3) is 6.08 Å². The van der Waals surface area contributed by atoms with Crippen LogP contribution in [-0.4, -0.2) is 45.5 Å². The highest BCUT2D eigenvalue weighted by molar-refractivity contribution is 6.39. The minimum atomic E-state index is -0.653. The molecule has 0 aromatic heterocycles. The topological polar surface area (TPSA) is 115 Å². The molecular formula is C41H32N4O6. The van der Waals surface area contributed by atoms with Gasteiger partial charge in [0.25, 0.3) is 11.8 Å². The molecule has 2 aliphatic heterocycles. The van der Waals surface area contributed by atoms with Gasteiger partial charge in [0.2, 0.25) is 11.8 Å². The quantitative estimate of drug-likeness (QED) is 0.106. The van der Waals surface area contributed by atoms with Gasteiger partial charge in [-0.05, 0) is 47.0 Å². The fourth-order valence-electron chi connectivity index (χ4n) is 5.59. The van der Waals surface area contributed by atoms with Crippen molar-refractivity contribution < 1.29 is 28.8 Å². The number of hydrogen-bond donors (Lipinski definition) is 0. The molecule has 2 fully saturated rings. The predicted molar refractivity (Wildman–Crippen MR) is 192 cm³/mol. The van der Waals surface area contributed by atoms with E-state index < -0.39 is 35.7 Å². The summed E-state index contributed by atoms with van der Waals surface area (Å²) in [4.78, 5) is 80.4. The molecular weight excluding hydrogens is 644 g/mol. The number of anilines is 2. The van der Waals surface area contributed by atoms with Gasteiger partial charge >= 0.3 is 12.1 Å². The smallest absolute Gasteiger partial charge is 0.274 e. The highest BCUT2D eigenvalue weighted by Crippen LogP contribution is 2.27. The molecule has 2 heterocycles. The highest BCUT2D eigenvalue weighted by atomic mass is 16.2. The first kappa shape index (κ1) is 33.9. The fraction of sp³-hybridized carbons (Fsp3) is 0.0732. The van der Waals surface area contributed by atoms with E-state index in [2.05, 4.69) is 0 Å². The largest absolute Gasteiger partial charge is 0.338 e. The van der Waals surface area contributed by atoms with Crippen LogP contribution >= 0.6 is 0 Å². The number of rotatable bonds is 7. The third-order valence-electron chi connectivity index (χ3n) is 8.11. The van der Waals surface area contributed by atoms with E-state index in [0.29, 0.717) is 16.9 Å². The average molecular weight is 677 g/mol. The zero-order valence-electron chi connectivity index (χ0n) is 27.4. The molecule has 2 aliphatic rings. The molecule has 7 rings (SSSR count). The van der Waals surface area contributed by atoms with Gasteiger partial charge in [-0.25, -0.2) is 19.4 Å². The van der Waals surface area contributed by atoms with Crippen LogP contribution in [0, 0.1) is 0 Å². The molecule has 0 bridgehead atoms. The Labute approximate surface area is 294 Å². The number of carbonyl (C=O) groups excluding carboxylic acids is 6. The van der Waals surface area contributed by atoms with Gasteiger partial charge in [0.05, 0.1) is 24.5 Å². The third kappa shape index (κ3) is 7.71. The number of imide groups is 4. The molecule has 0 unspecified atom stereocenters. The molecule has 5 aromatic carbocycles. The molecule has 51 heavy (non-hydrogen) atoms. The maximum Gasteiger partial charge on any atom is 0.338 e. The summed E-state index contributed by atoms with van der Waals surface area (Å²) in [6.07, 6.45) is 1.23. The maximum absolute atomic E-state index is 13.1. The zero-order valence-corrected chi connectivity index (χ0v) is 27.4. The Hall–Kier alpha value is -6.94. The summed E-state index contributed by atoms with van der Waals surface area (Å²) < 4.78 is 0. The van der Waals surface area contributed by atoms with Gasteiger partial charge < -0.3 is 0 Å². The lowest BCUT2D eigenvalue weighted by atomic mass is 10.0. The van der Waals surface area contributed by atoms with E-state index in [0.717, 1.165) is 30.7 Å². The van der Waals surface area contributed by atoms with E-state index >= 15 is 0 Å². The van der Waals surface area contributed by atoms with Gasteiger partial charge in [-0.1, -0.05) is 127 Å². The van der Waals surface area contributed by atoms with Crippen LogP contribution in [0.1, 0.15) is 23.1 Å². The van der Waals surface area contributed by atoms with Gasteiger partial charge in [-0.15, -0.1) is 0 Å². The Morgan fingerprint density at radius 2 is 0.843 bits per heavy atom. The van der Waals surface area contributed by atoms with Crippen molar-refractivity contribution >= 4 is 53.1 Å². The number of amides is 8. The van der Waals surface area contributed by atoms with Gasteiger partial charge in [0, 0.05) is 0 Å². The first-order valence-electron chi connectivity index (χ1n) is 16.1. The van der Waals surface area contributed by atoms with E-state index in [9.17, 15) is 28.8 Å². The second kappa shape index (κ2) is 15.5. The van der Waals surface area contributed by atoms with Gasteiger partial charge in [0.15, 0.2) is 0 Å². The van der Waals surface area contributed by atoms with Gasteiger partial charge in [-0.3, -0.25) is 29.0 Å². The van der Waals surface area contributed by atoms with Crippen LogP contribution in [0.5, 0.6) is 0 Å². The summed E-state index contributed by atoms with van der Waals surface area (Å²) in [6.45, 7) is 0.246. The Morgan fingerprint density at radius 1 is 0.431 bits per heavy atom. The van der Waals surface area contributed by atoms with Crippen molar-refractivity contribution in [3.05, 3.63) is 174 Å². The molecule has 252 valence electrons. The minimum absolute atomic E-state index is 0.0458. The van der Waals surface area contributed by atoms with Crippen molar-refractivity contribution in [2.45, 2.75) is 19.5 Å². The normalized spacial score (nSPS) is 15.6. The van der Waals surface area contributed by atoms with Crippen molar-refractivity contribution in [3.63, 3.8) is 0 Å². The molecule has 0 atom stereocenters. The number of para-hydroxylation sites is 2. The van der Waals surface area contributed by atoms with Crippen molar-refractivity contribution in [2.24, 2.45) is 0 Å². The Bertz CT molecular complexity index is 2090. The Morgan fingerprint density at radius 3 is 1.35 bits per heavy atom. The van der Waals surface area contributed by atoms with Gasteiger partial charge in [0.1, 0.15) is 12.0 Å². The number of benzene rings is 5. The number of barbiturate groups is 2. The van der Waals surface area contributed by atoms with Crippen LogP contribution in [0.2, 0.25) is 0 Å². The fourth-order valence-corrected chi connectivity index (χ4v) is 5.59. The SMILES string of the molecule is O=C1C(=Cc2ccccc2)C(=O)N(c2ccccc2)C(=O)N1Cc1ccccc1.O=C1CC(=O)N(c2ccccc2)C(=O)N1Cc1ccccc1. The molecule has 10 nitrogen and oxygen atoms in total. The van der Waals surface area contributed by atoms with Crippen LogP contribution in [0.4, 0.5) is 21.0 Å². The maximum atomic E-state index is 13.1. The molecule has 8 amide bonds. The van der Waals surface area contributed by atoms with E-state index in [4.69, 9.17) is 0 Å². The third-order valence-corrected chi connectivity index (χ3v) is 8.11. The van der Waals surface area contributed by atoms with Crippen LogP contribution in [0.3, 0.4) is 0 Å². The molecule has 0 N–H and O–H groups in total.